The topological polar surface area (TPSA) is 35.5 Å². The highest BCUT2D eigenvalue weighted by Gasteiger charge is 2.17. The Balaban J connectivity index is 1.73. The van der Waals surface area contributed by atoms with Gasteiger partial charge in [0, 0.05) is 6.04 Å². The number of aliphatic hydroxyl groups is 1. The number of nitrogens with one attached hydrogen (secondary N) is 1. The molecule has 106 valence electrons. The maximum absolute atomic E-state index is 9.49. The molecule has 0 aromatic heterocycles. The van der Waals surface area contributed by atoms with Gasteiger partial charge in [0.05, 0.1) is 6.61 Å². The molecule has 19 heavy (non-hydrogen) atoms. The minimum atomic E-state index is 0.182. The summed E-state index contributed by atoms with van der Waals surface area (Å²) in [5.41, 5.74) is 1.29. The molecule has 3 heteroatoms. The molecule has 2 rings (SSSR count). The van der Waals surface area contributed by atoms with Crippen molar-refractivity contribution >= 4 is 0 Å². The van der Waals surface area contributed by atoms with Crippen LogP contribution in [0.5, 0.6) is 0 Å². The quantitative estimate of drug-likeness (QED) is 0.816. The van der Waals surface area contributed by atoms with Crippen molar-refractivity contribution in [2.75, 3.05) is 33.3 Å². The lowest BCUT2D eigenvalue weighted by Gasteiger charge is -2.30. The van der Waals surface area contributed by atoms with Gasteiger partial charge in [-0.3, -0.25) is 0 Å². The van der Waals surface area contributed by atoms with Gasteiger partial charge in [-0.2, -0.15) is 0 Å². The zero-order valence-electron chi connectivity index (χ0n) is 11.9. The van der Waals surface area contributed by atoms with Gasteiger partial charge in [0.25, 0.3) is 0 Å². The Hall–Kier alpha value is -0.900. The van der Waals surface area contributed by atoms with Crippen molar-refractivity contribution in [2.24, 2.45) is 5.92 Å². The molecule has 1 aliphatic heterocycles. The minimum Gasteiger partial charge on any atom is -0.395 e. The predicted octanol–water partition coefficient (Wildman–Crippen LogP) is 1.52. The van der Waals surface area contributed by atoms with Crippen molar-refractivity contribution in [1.29, 1.82) is 0 Å². The Kier molecular flexibility index (Phi) is 5.83. The van der Waals surface area contributed by atoms with Crippen LogP contribution in [-0.4, -0.2) is 49.3 Å². The molecule has 2 N–H and O–H groups in total. The molecular formula is C16H26N2O. The van der Waals surface area contributed by atoms with Gasteiger partial charge in [0.15, 0.2) is 0 Å². The zero-order chi connectivity index (χ0) is 13.5. The normalized spacial score (nSPS) is 19.5. The summed E-state index contributed by atoms with van der Waals surface area (Å²) in [5, 5.41) is 13.0. The van der Waals surface area contributed by atoms with Gasteiger partial charge in [-0.15, -0.1) is 0 Å². The van der Waals surface area contributed by atoms with E-state index in [1.807, 2.05) is 6.07 Å². The molecule has 3 nitrogen and oxygen atoms in total. The number of hydrogen-bond donors (Lipinski definition) is 2. The maximum atomic E-state index is 9.49. The highest BCUT2D eigenvalue weighted by Crippen LogP contribution is 2.15. The SMILES string of the molecule is CN1CCC(CN[C@@H](CO)Cc2ccccc2)CC1. The zero-order valence-corrected chi connectivity index (χ0v) is 11.9. The van der Waals surface area contributed by atoms with E-state index in [1.165, 1.54) is 31.5 Å². The third kappa shape index (κ3) is 4.94. The lowest BCUT2D eigenvalue weighted by atomic mass is 9.96. The average molecular weight is 262 g/mol. The van der Waals surface area contributed by atoms with E-state index in [0.29, 0.717) is 0 Å². The van der Waals surface area contributed by atoms with Crippen LogP contribution < -0.4 is 5.32 Å². The number of aliphatic hydroxyl groups excluding tert-OH is 1. The fraction of sp³-hybridized carbons (Fsp3) is 0.625. The van der Waals surface area contributed by atoms with Crippen molar-refractivity contribution in [3.8, 4) is 0 Å². The Morgan fingerprint density at radius 1 is 1.26 bits per heavy atom. The van der Waals surface area contributed by atoms with Crippen LogP contribution in [0.4, 0.5) is 0 Å². The highest BCUT2D eigenvalue weighted by atomic mass is 16.3. The van der Waals surface area contributed by atoms with Gasteiger partial charge in [-0.1, -0.05) is 30.3 Å². The monoisotopic (exact) mass is 262 g/mol. The summed E-state index contributed by atoms with van der Waals surface area (Å²) in [6.07, 6.45) is 3.45. The fourth-order valence-corrected chi connectivity index (χ4v) is 2.70. The largest absolute Gasteiger partial charge is 0.395 e. The van der Waals surface area contributed by atoms with E-state index in [1.54, 1.807) is 0 Å². The van der Waals surface area contributed by atoms with Crippen molar-refractivity contribution < 1.29 is 5.11 Å². The molecule has 0 saturated carbocycles. The summed E-state index contributed by atoms with van der Waals surface area (Å²) >= 11 is 0. The van der Waals surface area contributed by atoms with E-state index in [-0.39, 0.29) is 12.6 Å². The second-order valence-corrected chi connectivity index (χ2v) is 5.72. The number of benzene rings is 1. The van der Waals surface area contributed by atoms with E-state index in [2.05, 4.69) is 41.5 Å². The first kappa shape index (κ1) is 14.5. The molecule has 1 aromatic rings. The first-order valence-corrected chi connectivity index (χ1v) is 7.34. The molecule has 1 aromatic carbocycles. The van der Waals surface area contributed by atoms with Gasteiger partial charge >= 0.3 is 0 Å². The Bertz CT molecular complexity index is 347. The second-order valence-electron chi connectivity index (χ2n) is 5.72. The Labute approximate surface area is 116 Å². The van der Waals surface area contributed by atoms with Crippen molar-refractivity contribution in [1.82, 2.24) is 10.2 Å². The summed E-state index contributed by atoms with van der Waals surface area (Å²) in [4.78, 5) is 2.39. The van der Waals surface area contributed by atoms with Crippen LogP contribution in [0.3, 0.4) is 0 Å². The summed E-state index contributed by atoms with van der Waals surface area (Å²) in [6.45, 7) is 3.65. The molecule has 0 unspecified atom stereocenters. The van der Waals surface area contributed by atoms with Crippen LogP contribution >= 0.6 is 0 Å². The first-order valence-electron chi connectivity index (χ1n) is 7.34. The third-order valence-electron chi connectivity index (χ3n) is 4.08. The van der Waals surface area contributed by atoms with Crippen LogP contribution in [-0.2, 0) is 6.42 Å². The number of nitrogens with zero attached hydrogens (tertiary/aromatic N) is 1. The smallest absolute Gasteiger partial charge is 0.0587 e. The molecule has 0 amide bonds. The van der Waals surface area contributed by atoms with E-state index in [9.17, 15) is 5.11 Å². The van der Waals surface area contributed by atoms with Gasteiger partial charge in [-0.05, 0) is 57.4 Å². The van der Waals surface area contributed by atoms with Crippen molar-refractivity contribution in [2.45, 2.75) is 25.3 Å². The lowest BCUT2D eigenvalue weighted by Crippen LogP contribution is -2.41. The summed E-state index contributed by atoms with van der Waals surface area (Å²) in [5.74, 6) is 0.765. The minimum absolute atomic E-state index is 0.182. The van der Waals surface area contributed by atoms with Gasteiger partial charge in [0.1, 0.15) is 0 Å². The average Bonchev–Trinajstić information content (AvgIpc) is 2.46. The number of hydrogen-bond acceptors (Lipinski definition) is 3. The van der Waals surface area contributed by atoms with Crippen LogP contribution in [0.2, 0.25) is 0 Å². The van der Waals surface area contributed by atoms with Crippen LogP contribution in [0.1, 0.15) is 18.4 Å². The van der Waals surface area contributed by atoms with E-state index in [4.69, 9.17) is 0 Å². The molecule has 0 aliphatic carbocycles. The maximum Gasteiger partial charge on any atom is 0.0587 e. The second kappa shape index (κ2) is 7.63. The summed E-state index contributed by atoms with van der Waals surface area (Å²) < 4.78 is 0. The highest BCUT2D eigenvalue weighted by molar-refractivity contribution is 5.15. The van der Waals surface area contributed by atoms with Gasteiger partial charge in [0.2, 0.25) is 0 Å². The summed E-state index contributed by atoms with van der Waals surface area (Å²) in [7, 11) is 2.19. The number of piperidine rings is 1. The molecule has 0 bridgehead atoms. The van der Waals surface area contributed by atoms with Crippen molar-refractivity contribution in [3.63, 3.8) is 0 Å². The third-order valence-corrected chi connectivity index (χ3v) is 4.08. The fourth-order valence-electron chi connectivity index (χ4n) is 2.70. The lowest BCUT2D eigenvalue weighted by molar-refractivity contribution is 0.197. The molecule has 1 saturated heterocycles. The molecule has 1 heterocycles. The summed E-state index contributed by atoms with van der Waals surface area (Å²) in [6, 6.07) is 10.6. The number of rotatable bonds is 6. The molecule has 0 radical (unpaired) electrons. The van der Waals surface area contributed by atoms with Gasteiger partial charge in [-0.25, -0.2) is 0 Å². The van der Waals surface area contributed by atoms with Crippen LogP contribution in [0.15, 0.2) is 30.3 Å². The molecule has 1 aliphatic rings. The molecule has 1 fully saturated rings. The van der Waals surface area contributed by atoms with Crippen molar-refractivity contribution in [3.05, 3.63) is 35.9 Å². The molecule has 0 spiro atoms. The van der Waals surface area contributed by atoms with Crippen LogP contribution in [0, 0.1) is 5.92 Å². The Morgan fingerprint density at radius 2 is 1.95 bits per heavy atom. The molecule has 1 atom stereocenters. The number of likely N-dealkylation sites (tertiary alicyclic amines) is 1. The van der Waals surface area contributed by atoms with Gasteiger partial charge < -0.3 is 15.3 Å². The first-order chi connectivity index (χ1) is 9.28. The van der Waals surface area contributed by atoms with E-state index in [0.717, 1.165) is 18.9 Å². The van der Waals surface area contributed by atoms with E-state index >= 15 is 0 Å². The van der Waals surface area contributed by atoms with Crippen LogP contribution in [0.25, 0.3) is 0 Å². The predicted molar refractivity (Wildman–Crippen MR) is 79.2 cm³/mol. The molecular weight excluding hydrogens is 236 g/mol. The standard InChI is InChI=1S/C16H26N2O/c1-18-9-7-15(8-10-18)12-17-16(13-19)11-14-5-3-2-4-6-14/h2-6,15-17,19H,7-13H2,1H3/t16-/m1/s1. The van der Waals surface area contributed by atoms with E-state index < -0.39 is 0 Å². The Morgan fingerprint density at radius 3 is 2.58 bits per heavy atom.